The predicted octanol–water partition coefficient (Wildman–Crippen LogP) is 22.1. The Morgan fingerprint density at radius 3 is 0.974 bits per heavy atom. The molecular formula is C70H135NO5. The minimum absolute atomic E-state index is 0.00782. The molecule has 0 aliphatic rings. The zero-order chi connectivity index (χ0) is 55.0. The van der Waals surface area contributed by atoms with Crippen LogP contribution in [0.4, 0.5) is 0 Å². The molecule has 0 saturated heterocycles. The molecule has 0 aliphatic heterocycles. The second-order valence-corrected chi connectivity index (χ2v) is 23.9. The van der Waals surface area contributed by atoms with Crippen molar-refractivity contribution in [1.82, 2.24) is 5.32 Å². The van der Waals surface area contributed by atoms with Gasteiger partial charge in [-0.25, -0.2) is 0 Å². The largest absolute Gasteiger partial charge is 0.466 e. The Balaban J connectivity index is 3.37. The molecule has 0 radical (unpaired) electrons. The van der Waals surface area contributed by atoms with Crippen LogP contribution in [-0.2, 0) is 14.3 Å². The van der Waals surface area contributed by atoms with Crippen LogP contribution in [0.15, 0.2) is 24.3 Å². The van der Waals surface area contributed by atoms with E-state index in [1.807, 2.05) is 6.08 Å². The Bertz CT molecular complexity index is 1190. The molecule has 0 aliphatic carbocycles. The van der Waals surface area contributed by atoms with Gasteiger partial charge in [0.05, 0.1) is 25.4 Å². The molecule has 0 spiro atoms. The van der Waals surface area contributed by atoms with Crippen LogP contribution in [0.2, 0.25) is 0 Å². The van der Waals surface area contributed by atoms with Gasteiger partial charge in [0, 0.05) is 12.8 Å². The van der Waals surface area contributed by atoms with Crippen molar-refractivity contribution in [3.8, 4) is 0 Å². The Labute approximate surface area is 475 Å². The van der Waals surface area contributed by atoms with Crippen molar-refractivity contribution >= 4 is 11.9 Å². The lowest BCUT2D eigenvalue weighted by molar-refractivity contribution is -0.143. The predicted molar refractivity (Wildman–Crippen MR) is 333 cm³/mol. The summed E-state index contributed by atoms with van der Waals surface area (Å²) < 4.78 is 5.47. The second-order valence-electron chi connectivity index (χ2n) is 23.9. The number of nitrogens with one attached hydrogen (secondary N) is 1. The lowest BCUT2D eigenvalue weighted by Crippen LogP contribution is -2.45. The maximum absolute atomic E-state index is 12.5. The summed E-state index contributed by atoms with van der Waals surface area (Å²) in [4.78, 5) is 24.5. The van der Waals surface area contributed by atoms with Gasteiger partial charge < -0.3 is 20.3 Å². The smallest absolute Gasteiger partial charge is 0.305 e. The van der Waals surface area contributed by atoms with Crippen LogP contribution in [0, 0.1) is 0 Å². The van der Waals surface area contributed by atoms with Gasteiger partial charge in [0.1, 0.15) is 0 Å². The Kier molecular flexibility index (Phi) is 64.4. The number of carbonyl (C=O) groups excluding carboxylic acids is 2. The second kappa shape index (κ2) is 65.9. The molecule has 2 unspecified atom stereocenters. The summed E-state index contributed by atoms with van der Waals surface area (Å²) in [6.45, 7) is 4.90. The third-order valence-corrected chi connectivity index (χ3v) is 16.2. The molecule has 0 bridgehead atoms. The molecule has 450 valence electrons. The van der Waals surface area contributed by atoms with E-state index in [1.54, 1.807) is 6.08 Å². The number of carbonyl (C=O) groups is 2. The summed E-state index contributed by atoms with van der Waals surface area (Å²) in [5.74, 6) is -0.0532. The summed E-state index contributed by atoms with van der Waals surface area (Å²) in [5, 5.41) is 23.2. The number of aliphatic hydroxyl groups excluding tert-OH is 2. The molecule has 0 aromatic heterocycles. The maximum Gasteiger partial charge on any atom is 0.305 e. The van der Waals surface area contributed by atoms with Crippen molar-refractivity contribution in [3.05, 3.63) is 24.3 Å². The monoisotopic (exact) mass is 1070 g/mol. The fourth-order valence-corrected chi connectivity index (χ4v) is 10.9. The molecule has 6 nitrogen and oxygen atoms in total. The number of allylic oxidation sites excluding steroid dienone is 3. The highest BCUT2D eigenvalue weighted by molar-refractivity contribution is 5.76. The average Bonchev–Trinajstić information content (AvgIpc) is 3.42. The standard InChI is InChI=1S/C70H135NO5/c1-3-5-7-9-11-13-15-16-17-18-19-30-33-36-39-43-46-50-54-58-62-68(73)67(66-72)71-69(74)63-59-55-51-47-44-40-37-34-31-28-26-24-22-20-21-23-25-27-29-32-35-38-41-45-49-53-57-61-65-76-70(75)64-60-56-52-48-42-14-12-10-8-6-4-2/h10,12,58,62,67-68,72-73H,3-9,11,13-57,59-61,63-66H2,1-2H3,(H,71,74)/b12-10-,62-58+. The van der Waals surface area contributed by atoms with Crippen molar-refractivity contribution in [2.75, 3.05) is 13.2 Å². The highest BCUT2D eigenvalue weighted by Crippen LogP contribution is 2.19. The van der Waals surface area contributed by atoms with Crippen LogP contribution < -0.4 is 5.32 Å². The first kappa shape index (κ1) is 74.3. The van der Waals surface area contributed by atoms with Crippen molar-refractivity contribution in [3.63, 3.8) is 0 Å². The highest BCUT2D eigenvalue weighted by Gasteiger charge is 2.18. The van der Waals surface area contributed by atoms with Gasteiger partial charge in [-0.3, -0.25) is 9.59 Å². The summed E-state index contributed by atoms with van der Waals surface area (Å²) in [7, 11) is 0. The van der Waals surface area contributed by atoms with E-state index in [1.165, 1.54) is 315 Å². The molecule has 6 heteroatoms. The Morgan fingerprint density at radius 1 is 0.355 bits per heavy atom. The molecule has 2 atom stereocenters. The van der Waals surface area contributed by atoms with Crippen molar-refractivity contribution in [2.24, 2.45) is 0 Å². The Morgan fingerprint density at radius 2 is 0.632 bits per heavy atom. The van der Waals surface area contributed by atoms with E-state index in [9.17, 15) is 19.8 Å². The number of hydrogen-bond donors (Lipinski definition) is 3. The van der Waals surface area contributed by atoms with Gasteiger partial charge in [-0.2, -0.15) is 0 Å². The van der Waals surface area contributed by atoms with Crippen molar-refractivity contribution in [2.45, 2.75) is 398 Å². The third-order valence-electron chi connectivity index (χ3n) is 16.2. The fraction of sp³-hybridized carbons (Fsp3) is 0.914. The summed E-state index contributed by atoms with van der Waals surface area (Å²) in [6, 6.07) is -0.626. The summed E-state index contributed by atoms with van der Waals surface area (Å²) in [5.41, 5.74) is 0. The number of unbranched alkanes of at least 4 members (excludes halogenated alkanes) is 52. The quantitative estimate of drug-likeness (QED) is 0.0320. The molecular weight excluding hydrogens is 935 g/mol. The number of esters is 1. The molecule has 0 saturated carbocycles. The lowest BCUT2D eigenvalue weighted by atomic mass is 10.0. The van der Waals surface area contributed by atoms with E-state index in [2.05, 4.69) is 31.3 Å². The maximum atomic E-state index is 12.5. The highest BCUT2D eigenvalue weighted by atomic mass is 16.5. The molecule has 0 heterocycles. The van der Waals surface area contributed by atoms with Gasteiger partial charge in [-0.15, -0.1) is 0 Å². The van der Waals surface area contributed by atoms with Crippen LogP contribution in [0.3, 0.4) is 0 Å². The molecule has 1 amide bonds. The number of rotatable bonds is 65. The third kappa shape index (κ3) is 61.6. The Hall–Kier alpha value is -1.66. The molecule has 0 aromatic rings. The molecule has 3 N–H and O–H groups in total. The number of ether oxygens (including phenoxy) is 1. The SMILES string of the molecule is CCCC/C=C\CCCCCCCC(=O)OCCCCCCCCCCCCCCCCCCCCCCCCCCCCCCC(=O)NC(CO)C(O)/C=C/CCCCCCCCCCCCCCCCCCCC. The zero-order valence-corrected chi connectivity index (χ0v) is 51.5. The van der Waals surface area contributed by atoms with Gasteiger partial charge in [-0.05, 0) is 51.4 Å². The van der Waals surface area contributed by atoms with E-state index >= 15 is 0 Å². The zero-order valence-electron chi connectivity index (χ0n) is 51.5. The normalized spacial score (nSPS) is 12.6. The first-order valence-electron chi connectivity index (χ1n) is 34.6. The van der Waals surface area contributed by atoms with Crippen LogP contribution >= 0.6 is 0 Å². The minimum atomic E-state index is -0.843. The first-order valence-corrected chi connectivity index (χ1v) is 34.6. The first-order chi connectivity index (χ1) is 37.5. The molecule has 0 aromatic carbocycles. The van der Waals surface area contributed by atoms with Gasteiger partial charge in [-0.1, -0.05) is 346 Å². The average molecular weight is 1070 g/mol. The molecule has 0 rings (SSSR count). The van der Waals surface area contributed by atoms with E-state index in [0.29, 0.717) is 19.4 Å². The topological polar surface area (TPSA) is 95.9 Å². The van der Waals surface area contributed by atoms with E-state index in [4.69, 9.17) is 4.74 Å². The van der Waals surface area contributed by atoms with E-state index in [-0.39, 0.29) is 18.5 Å². The molecule has 0 fully saturated rings. The van der Waals surface area contributed by atoms with E-state index < -0.39 is 12.1 Å². The summed E-state index contributed by atoms with van der Waals surface area (Å²) in [6.07, 6.45) is 82.6. The van der Waals surface area contributed by atoms with Gasteiger partial charge >= 0.3 is 5.97 Å². The van der Waals surface area contributed by atoms with Gasteiger partial charge in [0.25, 0.3) is 0 Å². The van der Waals surface area contributed by atoms with Gasteiger partial charge in [0.2, 0.25) is 5.91 Å². The lowest BCUT2D eigenvalue weighted by Gasteiger charge is -2.20. The summed E-state index contributed by atoms with van der Waals surface area (Å²) >= 11 is 0. The van der Waals surface area contributed by atoms with Crippen LogP contribution in [0.1, 0.15) is 386 Å². The number of amides is 1. The minimum Gasteiger partial charge on any atom is -0.466 e. The van der Waals surface area contributed by atoms with E-state index in [0.717, 1.165) is 44.9 Å². The van der Waals surface area contributed by atoms with Gasteiger partial charge in [0.15, 0.2) is 0 Å². The molecule has 76 heavy (non-hydrogen) atoms. The van der Waals surface area contributed by atoms with Crippen molar-refractivity contribution < 1.29 is 24.5 Å². The number of hydrogen-bond acceptors (Lipinski definition) is 5. The fourth-order valence-electron chi connectivity index (χ4n) is 10.9. The van der Waals surface area contributed by atoms with Crippen LogP contribution in [0.5, 0.6) is 0 Å². The number of aliphatic hydroxyl groups is 2. The van der Waals surface area contributed by atoms with Crippen LogP contribution in [0.25, 0.3) is 0 Å². The van der Waals surface area contributed by atoms with Crippen LogP contribution in [-0.4, -0.2) is 47.4 Å². The van der Waals surface area contributed by atoms with Crippen molar-refractivity contribution in [1.29, 1.82) is 0 Å².